The zero-order valence-corrected chi connectivity index (χ0v) is 15.2. The van der Waals surface area contributed by atoms with E-state index in [1.54, 1.807) is 0 Å². The molecule has 0 saturated heterocycles. The highest BCUT2D eigenvalue weighted by Crippen LogP contribution is 2.40. The van der Waals surface area contributed by atoms with Crippen molar-refractivity contribution in [1.29, 1.82) is 0 Å². The minimum Gasteiger partial charge on any atom is -0.478 e. The molecule has 168 valence electrons. The van der Waals surface area contributed by atoms with E-state index in [1.807, 2.05) is 0 Å². The van der Waals surface area contributed by atoms with Gasteiger partial charge in [0.2, 0.25) is 5.88 Å². The molecule has 7 nitrogen and oxygen atoms in total. The average molecular weight is 455 g/mol. The summed E-state index contributed by atoms with van der Waals surface area (Å²) in [5, 5.41) is 12.9. The Kier molecular flexibility index (Phi) is 7.02. The van der Waals surface area contributed by atoms with Crippen LogP contribution in [0.2, 0.25) is 0 Å². The van der Waals surface area contributed by atoms with Crippen LogP contribution in [-0.4, -0.2) is 29.0 Å². The van der Waals surface area contributed by atoms with Crippen molar-refractivity contribution in [2.75, 3.05) is 13.2 Å². The highest BCUT2D eigenvalue weighted by atomic mass is 19.4. The van der Waals surface area contributed by atoms with Gasteiger partial charge < -0.3 is 10.1 Å². The summed E-state index contributed by atoms with van der Waals surface area (Å²) < 4.78 is 95.2. The number of nitrogens with zero attached hydrogens (tertiary/aromatic N) is 2. The molecule has 2 aromatic rings. The highest BCUT2D eigenvalue weighted by Gasteiger charge is 2.43. The lowest BCUT2D eigenvalue weighted by Crippen LogP contribution is -2.26. The molecule has 0 aliphatic rings. The number of halogens is 7. The second-order valence-corrected chi connectivity index (χ2v) is 5.94. The van der Waals surface area contributed by atoms with Crippen molar-refractivity contribution in [2.24, 2.45) is 0 Å². The summed E-state index contributed by atoms with van der Waals surface area (Å²) in [6.07, 6.45) is -10.6. The molecule has 0 fully saturated rings. The Bertz CT molecular complexity index is 977. The molecular weight excluding hydrogens is 443 g/mol. The van der Waals surface area contributed by atoms with Crippen LogP contribution in [0.5, 0.6) is 5.88 Å². The summed E-state index contributed by atoms with van der Waals surface area (Å²) in [5.74, 6) is -2.70. The number of non-ortho nitro benzene ring substituents is 1. The van der Waals surface area contributed by atoms with E-state index in [1.165, 1.54) is 0 Å². The van der Waals surface area contributed by atoms with E-state index in [4.69, 9.17) is 4.74 Å². The number of aromatic nitrogens is 1. The Morgan fingerprint density at radius 1 is 1.10 bits per heavy atom. The van der Waals surface area contributed by atoms with Crippen LogP contribution in [0, 0.1) is 15.9 Å². The summed E-state index contributed by atoms with van der Waals surface area (Å²) in [7, 11) is 0. The number of carbonyl (C=O) groups is 1. The van der Waals surface area contributed by atoms with E-state index in [2.05, 4.69) is 10.3 Å². The van der Waals surface area contributed by atoms with Crippen molar-refractivity contribution in [3.63, 3.8) is 0 Å². The number of nitro groups is 1. The first-order chi connectivity index (χ1) is 14.3. The van der Waals surface area contributed by atoms with Gasteiger partial charge in [-0.15, -0.1) is 0 Å². The molecule has 1 amide bonds. The molecule has 0 bridgehead atoms. The zero-order valence-electron chi connectivity index (χ0n) is 15.2. The Hall–Kier alpha value is -3.45. The van der Waals surface area contributed by atoms with Crippen molar-refractivity contribution >= 4 is 11.6 Å². The van der Waals surface area contributed by atoms with Gasteiger partial charge in [-0.05, 0) is 12.5 Å². The van der Waals surface area contributed by atoms with Crippen LogP contribution in [0.1, 0.15) is 27.9 Å². The molecule has 0 aliphatic carbocycles. The Morgan fingerprint density at radius 2 is 1.74 bits per heavy atom. The Balaban J connectivity index is 1.94. The number of alkyl halides is 6. The molecule has 14 heteroatoms. The molecule has 0 saturated carbocycles. The van der Waals surface area contributed by atoms with E-state index >= 15 is 0 Å². The van der Waals surface area contributed by atoms with Crippen molar-refractivity contribution in [3.8, 4) is 5.88 Å². The van der Waals surface area contributed by atoms with E-state index in [-0.39, 0.29) is 31.8 Å². The van der Waals surface area contributed by atoms with Gasteiger partial charge in [0.05, 0.1) is 28.2 Å². The molecule has 2 rings (SSSR count). The van der Waals surface area contributed by atoms with Crippen LogP contribution in [0.15, 0.2) is 30.5 Å². The van der Waals surface area contributed by atoms with Gasteiger partial charge in [-0.1, -0.05) is 0 Å². The number of hydrogen-bond acceptors (Lipinski definition) is 5. The van der Waals surface area contributed by atoms with Gasteiger partial charge in [0.1, 0.15) is 5.82 Å². The lowest BCUT2D eigenvalue weighted by molar-refractivity contribution is -0.384. The van der Waals surface area contributed by atoms with Crippen LogP contribution in [-0.2, 0) is 12.4 Å². The summed E-state index contributed by atoms with van der Waals surface area (Å²) >= 11 is 0. The topological polar surface area (TPSA) is 94.4 Å². The molecule has 0 atom stereocenters. The fourth-order valence-electron chi connectivity index (χ4n) is 2.32. The van der Waals surface area contributed by atoms with Crippen LogP contribution in [0.3, 0.4) is 0 Å². The van der Waals surface area contributed by atoms with Crippen molar-refractivity contribution in [3.05, 3.63) is 63.1 Å². The van der Waals surface area contributed by atoms with Crippen LogP contribution >= 0.6 is 0 Å². The number of ether oxygens (including phenoxy) is 1. The van der Waals surface area contributed by atoms with Gasteiger partial charge in [0.25, 0.3) is 11.6 Å². The molecular formula is C17H12F7N3O4. The fourth-order valence-corrected chi connectivity index (χ4v) is 2.32. The summed E-state index contributed by atoms with van der Waals surface area (Å²) in [4.78, 5) is 25.0. The largest absolute Gasteiger partial charge is 0.478 e. The normalized spacial score (nSPS) is 11.8. The predicted octanol–water partition coefficient (Wildman–Crippen LogP) is 4.37. The van der Waals surface area contributed by atoms with Crippen LogP contribution < -0.4 is 10.1 Å². The average Bonchev–Trinajstić information content (AvgIpc) is 2.66. The molecule has 31 heavy (non-hydrogen) atoms. The summed E-state index contributed by atoms with van der Waals surface area (Å²) in [5.41, 5.74) is -5.02. The number of benzene rings is 1. The SMILES string of the molecule is O=C(NCCCOc1cc(C(F)(F)F)c(C(F)(F)F)cn1)c1cc([N+](=O)[O-])ccc1F. The molecule has 0 unspecified atom stereocenters. The van der Waals surface area contributed by atoms with E-state index in [9.17, 15) is 45.6 Å². The van der Waals surface area contributed by atoms with Crippen LogP contribution in [0.25, 0.3) is 0 Å². The molecule has 0 spiro atoms. The van der Waals surface area contributed by atoms with Gasteiger partial charge in [-0.3, -0.25) is 14.9 Å². The number of amides is 1. The molecule has 1 aromatic heterocycles. The third-order valence-electron chi connectivity index (χ3n) is 3.75. The lowest BCUT2D eigenvalue weighted by Gasteiger charge is -2.16. The van der Waals surface area contributed by atoms with Crippen molar-refractivity contribution in [1.82, 2.24) is 10.3 Å². The minimum atomic E-state index is -5.29. The third-order valence-corrected chi connectivity index (χ3v) is 3.75. The number of nitrogens with one attached hydrogen (secondary N) is 1. The smallest absolute Gasteiger partial charge is 0.418 e. The maximum Gasteiger partial charge on any atom is 0.418 e. The first kappa shape index (κ1) is 23.8. The predicted molar refractivity (Wildman–Crippen MR) is 89.7 cm³/mol. The van der Waals surface area contributed by atoms with Crippen LogP contribution in [0.4, 0.5) is 36.4 Å². The molecule has 0 aliphatic heterocycles. The van der Waals surface area contributed by atoms with Gasteiger partial charge >= 0.3 is 12.4 Å². The second kappa shape index (κ2) is 9.14. The molecule has 1 N–H and O–H groups in total. The monoisotopic (exact) mass is 455 g/mol. The lowest BCUT2D eigenvalue weighted by atomic mass is 10.1. The van der Waals surface area contributed by atoms with Gasteiger partial charge in [0, 0.05) is 30.9 Å². The van der Waals surface area contributed by atoms with Gasteiger partial charge in [-0.2, -0.15) is 26.3 Å². The Morgan fingerprint density at radius 3 is 2.32 bits per heavy atom. The fraction of sp³-hybridized carbons (Fsp3) is 0.294. The molecule has 0 radical (unpaired) electrons. The maximum absolute atomic E-state index is 13.6. The number of hydrogen-bond donors (Lipinski definition) is 1. The van der Waals surface area contributed by atoms with Gasteiger partial charge in [0.15, 0.2) is 0 Å². The summed E-state index contributed by atoms with van der Waals surface area (Å²) in [6, 6.07) is 2.45. The first-order valence-corrected chi connectivity index (χ1v) is 8.30. The number of pyridine rings is 1. The van der Waals surface area contributed by atoms with Gasteiger partial charge in [-0.25, -0.2) is 9.37 Å². The number of rotatable bonds is 7. The number of nitro benzene ring substituents is 1. The zero-order chi connectivity index (χ0) is 23.4. The summed E-state index contributed by atoms with van der Waals surface area (Å²) in [6.45, 7) is -0.513. The molecule has 1 heterocycles. The second-order valence-electron chi connectivity index (χ2n) is 5.94. The quantitative estimate of drug-likeness (QED) is 0.290. The van der Waals surface area contributed by atoms with E-state index < -0.39 is 57.3 Å². The third kappa shape index (κ3) is 6.26. The van der Waals surface area contributed by atoms with E-state index in [0.29, 0.717) is 0 Å². The standard InChI is InChI=1S/C17H12F7N3O4/c18-13-3-2-9(27(29)30)6-10(13)15(28)25-4-1-5-31-14-7-11(16(19,20)21)12(8-26-14)17(22,23)24/h2-3,6-8H,1,4-5H2,(H,25,28). The van der Waals surface area contributed by atoms with E-state index in [0.717, 1.165) is 18.2 Å². The maximum atomic E-state index is 13.6. The first-order valence-electron chi connectivity index (χ1n) is 8.30. The number of carbonyl (C=O) groups excluding carboxylic acids is 1. The Labute approximate surface area is 169 Å². The molecule has 1 aromatic carbocycles. The van der Waals surface area contributed by atoms with Crippen molar-refractivity contribution < 1.29 is 45.2 Å². The highest BCUT2D eigenvalue weighted by molar-refractivity contribution is 5.95. The van der Waals surface area contributed by atoms with Crippen molar-refractivity contribution in [2.45, 2.75) is 18.8 Å². The minimum absolute atomic E-state index is 0.00498.